The summed E-state index contributed by atoms with van der Waals surface area (Å²) in [6.45, 7) is 10.5. The number of aromatic nitrogens is 3. The molecule has 0 bridgehead atoms. The highest BCUT2D eigenvalue weighted by Gasteiger charge is 2.20. The smallest absolute Gasteiger partial charge is 0.163 e. The fourth-order valence-electron chi connectivity index (χ4n) is 3.19. The van der Waals surface area contributed by atoms with E-state index in [4.69, 9.17) is 5.10 Å². The van der Waals surface area contributed by atoms with Crippen molar-refractivity contribution < 1.29 is 5.11 Å². The molecule has 3 aromatic rings. The van der Waals surface area contributed by atoms with Crippen LogP contribution in [-0.4, -0.2) is 19.7 Å². The van der Waals surface area contributed by atoms with E-state index in [1.54, 1.807) is 0 Å². The number of fused-ring (bicyclic) bond motifs is 1. The average Bonchev–Trinajstić information content (AvgIpc) is 2.82. The van der Waals surface area contributed by atoms with Gasteiger partial charge in [0.2, 0.25) is 0 Å². The molecule has 0 spiro atoms. The Bertz CT molecular complexity index is 858. The van der Waals surface area contributed by atoms with Crippen molar-refractivity contribution in [2.75, 3.05) is 0 Å². The van der Waals surface area contributed by atoms with E-state index >= 15 is 0 Å². The summed E-state index contributed by atoms with van der Waals surface area (Å²) in [5.41, 5.74) is 8.24. The zero-order chi connectivity index (χ0) is 16.7. The fraction of sp³-hybridized carbons (Fsp3) is 0.368. The van der Waals surface area contributed by atoms with Crippen molar-refractivity contribution in [1.29, 1.82) is 0 Å². The van der Waals surface area contributed by atoms with Crippen LogP contribution in [0.3, 0.4) is 0 Å². The predicted molar refractivity (Wildman–Crippen MR) is 92.6 cm³/mol. The molecule has 0 fully saturated rings. The number of benzene rings is 1. The molecule has 0 radical (unpaired) electrons. The summed E-state index contributed by atoms with van der Waals surface area (Å²) in [6, 6.07) is 8.25. The molecule has 0 aliphatic rings. The van der Waals surface area contributed by atoms with Crippen molar-refractivity contribution >= 4 is 5.65 Å². The van der Waals surface area contributed by atoms with E-state index in [0.29, 0.717) is 11.6 Å². The van der Waals surface area contributed by atoms with Gasteiger partial charge in [0.25, 0.3) is 0 Å². The highest BCUT2D eigenvalue weighted by Crippen LogP contribution is 2.34. The monoisotopic (exact) mass is 309 g/mol. The molecule has 2 heterocycles. The molecule has 0 unspecified atom stereocenters. The highest BCUT2D eigenvalue weighted by molar-refractivity contribution is 5.84. The lowest BCUT2D eigenvalue weighted by Gasteiger charge is -2.12. The summed E-state index contributed by atoms with van der Waals surface area (Å²) in [5, 5.41) is 14.3. The maximum atomic E-state index is 9.59. The number of nitrogens with zero attached hydrogens (tertiary/aromatic N) is 3. The number of aliphatic hydroxyl groups excluding tert-OH is 1. The van der Waals surface area contributed by atoms with Crippen LogP contribution in [0.1, 0.15) is 48.0 Å². The summed E-state index contributed by atoms with van der Waals surface area (Å²) < 4.78 is 1.93. The van der Waals surface area contributed by atoms with Crippen molar-refractivity contribution in [3.8, 4) is 11.1 Å². The maximum Gasteiger partial charge on any atom is 0.163 e. The molecule has 4 nitrogen and oxygen atoms in total. The van der Waals surface area contributed by atoms with Gasteiger partial charge in [0.05, 0.1) is 23.6 Å². The molecule has 120 valence electrons. The first kappa shape index (κ1) is 15.7. The molecule has 0 atom stereocenters. The van der Waals surface area contributed by atoms with Crippen molar-refractivity contribution in [3.05, 3.63) is 52.5 Å². The van der Waals surface area contributed by atoms with Gasteiger partial charge in [-0.15, -0.1) is 0 Å². The molecule has 23 heavy (non-hydrogen) atoms. The molecule has 0 aliphatic heterocycles. The van der Waals surface area contributed by atoms with E-state index < -0.39 is 0 Å². The van der Waals surface area contributed by atoms with E-state index in [9.17, 15) is 5.11 Å². The van der Waals surface area contributed by atoms with Crippen LogP contribution in [0.15, 0.2) is 24.3 Å². The third kappa shape index (κ3) is 2.53. The topological polar surface area (TPSA) is 50.4 Å². The average molecular weight is 309 g/mol. The summed E-state index contributed by atoms with van der Waals surface area (Å²) in [7, 11) is 0. The SMILES string of the molecule is Cc1cccc(C)c1-c1c(C)nn2c(C(C)C)cc(CO)nc12. The Morgan fingerprint density at radius 3 is 2.30 bits per heavy atom. The predicted octanol–water partition coefficient (Wildman–Crippen LogP) is 3.94. The van der Waals surface area contributed by atoms with E-state index in [2.05, 4.69) is 50.9 Å². The van der Waals surface area contributed by atoms with Gasteiger partial charge >= 0.3 is 0 Å². The quantitative estimate of drug-likeness (QED) is 0.797. The second kappa shape index (κ2) is 5.78. The van der Waals surface area contributed by atoms with Crippen molar-refractivity contribution in [3.63, 3.8) is 0 Å². The van der Waals surface area contributed by atoms with Gasteiger partial charge in [-0.3, -0.25) is 0 Å². The van der Waals surface area contributed by atoms with Crippen molar-refractivity contribution in [2.45, 2.75) is 47.1 Å². The van der Waals surface area contributed by atoms with Crippen LogP contribution >= 0.6 is 0 Å². The van der Waals surface area contributed by atoms with Crippen LogP contribution in [0.25, 0.3) is 16.8 Å². The second-order valence-corrected chi connectivity index (χ2v) is 6.45. The summed E-state index contributed by atoms with van der Waals surface area (Å²) in [4.78, 5) is 4.67. The molecule has 1 N–H and O–H groups in total. The third-order valence-electron chi connectivity index (χ3n) is 4.33. The summed E-state index contributed by atoms with van der Waals surface area (Å²) in [6.07, 6.45) is 0. The molecule has 0 amide bonds. The lowest BCUT2D eigenvalue weighted by Crippen LogP contribution is -2.05. The van der Waals surface area contributed by atoms with E-state index in [0.717, 1.165) is 22.6 Å². The lowest BCUT2D eigenvalue weighted by molar-refractivity contribution is 0.276. The molecule has 0 aliphatic carbocycles. The van der Waals surface area contributed by atoms with Gasteiger partial charge < -0.3 is 5.11 Å². The molecule has 0 saturated carbocycles. The third-order valence-corrected chi connectivity index (χ3v) is 4.33. The van der Waals surface area contributed by atoms with Crippen LogP contribution in [0.4, 0.5) is 0 Å². The Morgan fingerprint density at radius 1 is 1.09 bits per heavy atom. The number of aliphatic hydroxyl groups is 1. The van der Waals surface area contributed by atoms with Gasteiger partial charge in [0.1, 0.15) is 0 Å². The number of rotatable bonds is 3. The Morgan fingerprint density at radius 2 is 1.74 bits per heavy atom. The number of hydrogen-bond donors (Lipinski definition) is 1. The van der Waals surface area contributed by atoms with Crippen LogP contribution in [0.2, 0.25) is 0 Å². The van der Waals surface area contributed by atoms with Gasteiger partial charge in [0, 0.05) is 5.69 Å². The first-order valence-electron chi connectivity index (χ1n) is 8.00. The number of aryl methyl sites for hydroxylation is 3. The maximum absolute atomic E-state index is 9.59. The van der Waals surface area contributed by atoms with Crippen molar-refractivity contribution in [1.82, 2.24) is 14.6 Å². The Balaban J connectivity index is 2.43. The lowest BCUT2D eigenvalue weighted by atomic mass is 9.96. The van der Waals surface area contributed by atoms with Gasteiger partial charge in [-0.2, -0.15) is 5.10 Å². The molecule has 3 rings (SSSR count). The van der Waals surface area contributed by atoms with Crippen LogP contribution in [0.5, 0.6) is 0 Å². The minimum atomic E-state index is -0.0629. The summed E-state index contributed by atoms with van der Waals surface area (Å²) in [5.74, 6) is 0.302. The van der Waals surface area contributed by atoms with Crippen LogP contribution in [-0.2, 0) is 6.61 Å². The van der Waals surface area contributed by atoms with Crippen LogP contribution in [0, 0.1) is 20.8 Å². The fourth-order valence-corrected chi connectivity index (χ4v) is 3.19. The Hall–Kier alpha value is -2.20. The van der Waals surface area contributed by atoms with Gasteiger partial charge in [-0.25, -0.2) is 9.50 Å². The molecule has 2 aromatic heterocycles. The van der Waals surface area contributed by atoms with E-state index in [1.165, 1.54) is 16.7 Å². The van der Waals surface area contributed by atoms with E-state index in [1.807, 2.05) is 17.5 Å². The first-order valence-corrected chi connectivity index (χ1v) is 8.00. The number of hydrogen-bond acceptors (Lipinski definition) is 3. The largest absolute Gasteiger partial charge is 0.390 e. The van der Waals surface area contributed by atoms with Crippen LogP contribution < -0.4 is 0 Å². The Labute approximate surface area is 136 Å². The molecular weight excluding hydrogens is 286 g/mol. The Kier molecular flexibility index (Phi) is 3.94. The molecule has 0 saturated heterocycles. The summed E-state index contributed by atoms with van der Waals surface area (Å²) >= 11 is 0. The minimum Gasteiger partial charge on any atom is -0.390 e. The van der Waals surface area contributed by atoms with Gasteiger partial charge in [-0.1, -0.05) is 32.0 Å². The molecular formula is C19H23N3O. The zero-order valence-electron chi connectivity index (χ0n) is 14.4. The second-order valence-electron chi connectivity index (χ2n) is 6.45. The standard InChI is InChI=1S/C19H23N3O/c1-11(2)16-9-15(10-23)20-19-18(14(5)21-22(16)19)17-12(3)7-6-8-13(17)4/h6-9,11,23H,10H2,1-5H3. The van der Waals surface area contributed by atoms with E-state index in [-0.39, 0.29) is 6.61 Å². The molecule has 4 heteroatoms. The molecule has 1 aromatic carbocycles. The zero-order valence-corrected chi connectivity index (χ0v) is 14.4. The van der Waals surface area contributed by atoms with Crippen molar-refractivity contribution in [2.24, 2.45) is 0 Å². The van der Waals surface area contributed by atoms with Gasteiger partial charge in [0.15, 0.2) is 5.65 Å². The van der Waals surface area contributed by atoms with Gasteiger partial charge in [-0.05, 0) is 49.4 Å². The minimum absolute atomic E-state index is 0.0629. The highest BCUT2D eigenvalue weighted by atomic mass is 16.3. The normalized spacial score (nSPS) is 11.6. The first-order chi connectivity index (χ1) is 10.9.